The largest absolute Gasteiger partial charge is 0.380 e. The maximum atomic E-state index is 13.6. The van der Waals surface area contributed by atoms with Crippen molar-refractivity contribution in [3.05, 3.63) is 84.2 Å². The number of rotatable bonds is 9. The number of carbonyl (C=O) groups excluding carboxylic acids is 1. The summed E-state index contributed by atoms with van der Waals surface area (Å²) in [6.07, 6.45) is 4.87. The lowest BCUT2D eigenvalue weighted by Gasteiger charge is -2.29. The zero-order valence-corrected chi connectivity index (χ0v) is 21.0. The van der Waals surface area contributed by atoms with Crippen molar-refractivity contribution in [2.75, 3.05) is 25.2 Å². The van der Waals surface area contributed by atoms with Gasteiger partial charge in [-0.1, -0.05) is 42.5 Å². The zero-order chi connectivity index (χ0) is 25.1. The highest BCUT2D eigenvalue weighted by Gasteiger charge is 2.47. The van der Waals surface area contributed by atoms with Gasteiger partial charge in [-0.2, -0.15) is 0 Å². The Morgan fingerprint density at radius 3 is 2.44 bits per heavy atom. The van der Waals surface area contributed by atoms with Gasteiger partial charge in [-0.3, -0.25) is 9.78 Å². The Bertz CT molecular complexity index is 1140. The van der Waals surface area contributed by atoms with Gasteiger partial charge in [0.2, 0.25) is 5.91 Å². The van der Waals surface area contributed by atoms with E-state index in [0.717, 1.165) is 48.4 Å². The van der Waals surface area contributed by atoms with Crippen LogP contribution in [-0.4, -0.2) is 43.3 Å². The fraction of sp³-hybridized carbons (Fsp3) is 0.400. The Kier molecular flexibility index (Phi) is 7.46. The molecule has 1 aliphatic carbocycles. The molecule has 0 spiro atoms. The molecule has 1 amide bonds. The van der Waals surface area contributed by atoms with E-state index in [1.165, 1.54) is 5.56 Å². The summed E-state index contributed by atoms with van der Waals surface area (Å²) in [6.45, 7) is 3.18. The third kappa shape index (κ3) is 5.36. The average molecular weight is 486 g/mol. The maximum Gasteiger partial charge on any atom is 0.230 e. The summed E-state index contributed by atoms with van der Waals surface area (Å²) in [6, 6.07) is 22.4. The van der Waals surface area contributed by atoms with Crippen LogP contribution in [0.5, 0.6) is 0 Å². The van der Waals surface area contributed by atoms with Gasteiger partial charge < -0.3 is 20.1 Å². The molecule has 1 aliphatic heterocycles. The van der Waals surface area contributed by atoms with Gasteiger partial charge in [-0.05, 0) is 67.1 Å². The molecule has 2 aliphatic rings. The van der Waals surface area contributed by atoms with Crippen molar-refractivity contribution in [1.29, 1.82) is 0 Å². The first-order valence-electron chi connectivity index (χ1n) is 12.9. The molecule has 2 N–H and O–H groups in total. The first-order valence-corrected chi connectivity index (χ1v) is 12.9. The summed E-state index contributed by atoms with van der Waals surface area (Å²) < 4.78 is 11.2. The van der Waals surface area contributed by atoms with Crippen molar-refractivity contribution >= 4 is 11.6 Å². The van der Waals surface area contributed by atoms with E-state index in [0.29, 0.717) is 6.54 Å². The highest BCUT2D eigenvalue weighted by molar-refractivity contribution is 5.97. The van der Waals surface area contributed by atoms with Gasteiger partial charge in [0.25, 0.3) is 0 Å². The standard InChI is InChI=1S/C30H35N3O3/c1-20(35-2)27(31)19-33(30(34)26-18-25(26)28-6-3-4-16-32-28)24-14-12-22(13-15-24)21-8-10-23(11-9-21)29-7-5-17-36-29/h3-4,6,8-16,20,25-27,29H,5,7,17-19,31H2,1-2H3/t20-,25-,26-,27-,29-/m1/s1. The Hall–Kier alpha value is -3.06. The molecule has 5 atom stereocenters. The summed E-state index contributed by atoms with van der Waals surface area (Å²) in [5, 5.41) is 0. The second kappa shape index (κ2) is 10.9. The van der Waals surface area contributed by atoms with E-state index in [4.69, 9.17) is 15.2 Å². The molecule has 0 radical (unpaired) electrons. The average Bonchev–Trinajstić information content (AvgIpc) is 3.55. The normalized spacial score (nSPS) is 22.7. The number of hydrogen-bond donors (Lipinski definition) is 1. The predicted octanol–water partition coefficient (Wildman–Crippen LogP) is 5.10. The highest BCUT2D eigenvalue weighted by atomic mass is 16.5. The van der Waals surface area contributed by atoms with Crippen molar-refractivity contribution in [3.63, 3.8) is 0 Å². The van der Waals surface area contributed by atoms with Crippen molar-refractivity contribution < 1.29 is 14.3 Å². The number of nitrogens with two attached hydrogens (primary N) is 1. The van der Waals surface area contributed by atoms with Crippen LogP contribution < -0.4 is 10.6 Å². The molecule has 2 fully saturated rings. The Balaban J connectivity index is 1.34. The van der Waals surface area contributed by atoms with Crippen LogP contribution in [-0.2, 0) is 14.3 Å². The Morgan fingerprint density at radius 1 is 1.11 bits per heavy atom. The lowest BCUT2D eigenvalue weighted by atomic mass is 10.0. The molecule has 3 aromatic rings. The van der Waals surface area contributed by atoms with Gasteiger partial charge in [-0.15, -0.1) is 0 Å². The van der Waals surface area contributed by atoms with Crippen LogP contribution in [0, 0.1) is 5.92 Å². The fourth-order valence-corrected chi connectivity index (χ4v) is 5.01. The van der Waals surface area contributed by atoms with Crippen LogP contribution in [0.3, 0.4) is 0 Å². The topological polar surface area (TPSA) is 77.7 Å². The molecular weight excluding hydrogens is 450 g/mol. The van der Waals surface area contributed by atoms with Crippen molar-refractivity contribution in [2.24, 2.45) is 11.7 Å². The quantitative estimate of drug-likeness (QED) is 0.456. The summed E-state index contributed by atoms with van der Waals surface area (Å²) in [7, 11) is 1.65. The zero-order valence-electron chi connectivity index (χ0n) is 21.0. The Morgan fingerprint density at radius 2 is 1.83 bits per heavy atom. The SMILES string of the molecule is CO[C@H](C)[C@H](N)CN(C(=O)[C@@H]1C[C@H]1c1ccccn1)c1ccc(-c2ccc([C@H]3CCCO3)cc2)cc1. The molecule has 2 aromatic carbocycles. The van der Waals surface area contributed by atoms with Crippen molar-refractivity contribution in [1.82, 2.24) is 4.98 Å². The van der Waals surface area contributed by atoms with E-state index in [1.807, 2.05) is 42.2 Å². The summed E-state index contributed by atoms with van der Waals surface area (Å²) in [5.41, 5.74) is 11.7. The predicted molar refractivity (Wildman–Crippen MR) is 142 cm³/mol. The van der Waals surface area contributed by atoms with E-state index >= 15 is 0 Å². The summed E-state index contributed by atoms with van der Waals surface area (Å²) in [5.74, 6) is 0.187. The van der Waals surface area contributed by atoms with Crippen molar-refractivity contribution in [2.45, 2.75) is 50.4 Å². The van der Waals surface area contributed by atoms with E-state index in [2.05, 4.69) is 41.4 Å². The number of amides is 1. The number of hydrogen-bond acceptors (Lipinski definition) is 5. The molecule has 188 valence electrons. The lowest BCUT2D eigenvalue weighted by Crippen LogP contribution is -2.47. The van der Waals surface area contributed by atoms with Crippen LogP contribution in [0.15, 0.2) is 72.9 Å². The number of nitrogens with zero attached hydrogens (tertiary/aromatic N) is 2. The number of pyridine rings is 1. The van der Waals surface area contributed by atoms with E-state index < -0.39 is 0 Å². The molecule has 0 unspecified atom stereocenters. The molecular formula is C30H35N3O3. The molecule has 36 heavy (non-hydrogen) atoms. The molecule has 1 saturated heterocycles. The number of anilines is 1. The van der Waals surface area contributed by atoms with Gasteiger partial charge in [0, 0.05) is 55.7 Å². The second-order valence-electron chi connectivity index (χ2n) is 9.93. The monoisotopic (exact) mass is 485 g/mol. The summed E-state index contributed by atoms with van der Waals surface area (Å²) in [4.78, 5) is 19.9. The highest BCUT2D eigenvalue weighted by Crippen LogP contribution is 2.48. The van der Waals surface area contributed by atoms with E-state index in [-0.39, 0.29) is 36.0 Å². The number of methoxy groups -OCH3 is 1. The smallest absolute Gasteiger partial charge is 0.230 e. The van der Waals surface area contributed by atoms with Crippen molar-refractivity contribution in [3.8, 4) is 11.1 Å². The minimum Gasteiger partial charge on any atom is -0.380 e. The molecule has 1 aromatic heterocycles. The van der Waals surface area contributed by atoms with Gasteiger partial charge in [0.05, 0.1) is 12.2 Å². The molecule has 5 rings (SSSR count). The second-order valence-corrected chi connectivity index (χ2v) is 9.93. The van der Waals surface area contributed by atoms with Gasteiger partial charge in [0.1, 0.15) is 0 Å². The third-order valence-corrected chi connectivity index (χ3v) is 7.53. The van der Waals surface area contributed by atoms with Gasteiger partial charge in [-0.25, -0.2) is 0 Å². The van der Waals surface area contributed by atoms with Crippen LogP contribution in [0.2, 0.25) is 0 Å². The molecule has 2 heterocycles. The van der Waals surface area contributed by atoms with Crippen LogP contribution in [0.1, 0.15) is 49.5 Å². The van der Waals surface area contributed by atoms with E-state index in [9.17, 15) is 4.79 Å². The minimum absolute atomic E-state index is 0.0741. The van der Waals surface area contributed by atoms with Gasteiger partial charge in [0.15, 0.2) is 0 Å². The van der Waals surface area contributed by atoms with Gasteiger partial charge >= 0.3 is 0 Å². The number of carbonyl (C=O) groups is 1. The molecule has 1 saturated carbocycles. The number of aromatic nitrogens is 1. The maximum absolute atomic E-state index is 13.6. The number of ether oxygens (including phenoxy) is 2. The molecule has 0 bridgehead atoms. The number of benzene rings is 2. The third-order valence-electron chi connectivity index (χ3n) is 7.53. The fourth-order valence-electron chi connectivity index (χ4n) is 5.01. The Labute approximate surface area is 213 Å². The molecule has 6 nitrogen and oxygen atoms in total. The van der Waals surface area contributed by atoms with Crippen LogP contribution >= 0.6 is 0 Å². The van der Waals surface area contributed by atoms with Crippen LogP contribution in [0.4, 0.5) is 5.69 Å². The van der Waals surface area contributed by atoms with E-state index in [1.54, 1.807) is 13.3 Å². The van der Waals surface area contributed by atoms with Crippen LogP contribution in [0.25, 0.3) is 11.1 Å². The minimum atomic E-state index is -0.295. The molecule has 6 heteroatoms. The first kappa shape index (κ1) is 24.6. The lowest BCUT2D eigenvalue weighted by molar-refractivity contribution is -0.120. The summed E-state index contributed by atoms with van der Waals surface area (Å²) >= 11 is 0. The first-order chi connectivity index (χ1) is 17.5.